The highest BCUT2D eigenvalue weighted by Gasteiger charge is 2.19. The second-order valence-electron chi connectivity index (χ2n) is 9.79. The Bertz CT molecular complexity index is 1890. The summed E-state index contributed by atoms with van der Waals surface area (Å²) in [6.07, 6.45) is 0. The summed E-state index contributed by atoms with van der Waals surface area (Å²) in [7, 11) is 0. The molecular formula is C38H27N. The number of para-hydroxylation sites is 1. The fourth-order valence-corrected chi connectivity index (χ4v) is 5.60. The lowest BCUT2D eigenvalue weighted by Crippen LogP contribution is -2.11. The largest absolute Gasteiger partial charge is 0.309 e. The van der Waals surface area contributed by atoms with Crippen molar-refractivity contribution >= 4 is 38.6 Å². The van der Waals surface area contributed by atoms with E-state index < -0.39 is 0 Å². The number of rotatable bonds is 5. The molecule has 0 N–H and O–H groups in total. The number of benzene rings is 7. The summed E-state index contributed by atoms with van der Waals surface area (Å²) >= 11 is 0. The van der Waals surface area contributed by atoms with E-state index in [1.54, 1.807) is 0 Å². The molecule has 0 aromatic heterocycles. The third-order valence-electron chi connectivity index (χ3n) is 7.46. The summed E-state index contributed by atoms with van der Waals surface area (Å²) in [5.41, 5.74) is 8.30. The Morgan fingerprint density at radius 2 is 0.821 bits per heavy atom. The van der Waals surface area contributed by atoms with Gasteiger partial charge in [0.25, 0.3) is 0 Å². The van der Waals surface area contributed by atoms with Crippen LogP contribution in [0.4, 0.5) is 17.1 Å². The minimum atomic E-state index is 1.12. The summed E-state index contributed by atoms with van der Waals surface area (Å²) in [6, 6.07) is 58.7. The molecule has 7 aromatic rings. The molecular weight excluding hydrogens is 470 g/mol. The number of anilines is 3. The third kappa shape index (κ3) is 4.24. The van der Waals surface area contributed by atoms with E-state index in [-0.39, 0.29) is 0 Å². The van der Waals surface area contributed by atoms with Gasteiger partial charge >= 0.3 is 0 Å². The van der Waals surface area contributed by atoms with Crippen molar-refractivity contribution < 1.29 is 0 Å². The van der Waals surface area contributed by atoms with Crippen molar-refractivity contribution in [2.45, 2.75) is 0 Å². The van der Waals surface area contributed by atoms with Crippen molar-refractivity contribution in [3.63, 3.8) is 0 Å². The molecule has 184 valence electrons. The lowest BCUT2D eigenvalue weighted by molar-refractivity contribution is 1.30. The van der Waals surface area contributed by atoms with Crippen molar-refractivity contribution in [3.8, 4) is 22.3 Å². The van der Waals surface area contributed by atoms with E-state index in [2.05, 4.69) is 169 Å². The zero-order chi connectivity index (χ0) is 26.0. The number of fused-ring (bicyclic) bond motifs is 2. The predicted octanol–water partition coefficient (Wildman–Crippen LogP) is 10.8. The molecule has 0 fully saturated rings. The molecule has 0 atom stereocenters. The lowest BCUT2D eigenvalue weighted by Gasteiger charge is -2.29. The van der Waals surface area contributed by atoms with Gasteiger partial charge < -0.3 is 4.90 Å². The summed E-state index contributed by atoms with van der Waals surface area (Å²) < 4.78 is 0. The molecule has 0 bridgehead atoms. The first-order valence-corrected chi connectivity index (χ1v) is 13.4. The zero-order valence-electron chi connectivity index (χ0n) is 21.5. The minimum Gasteiger partial charge on any atom is -0.309 e. The molecule has 0 amide bonds. The van der Waals surface area contributed by atoms with E-state index in [0.717, 1.165) is 17.1 Å². The topological polar surface area (TPSA) is 3.24 Å². The highest BCUT2D eigenvalue weighted by atomic mass is 15.1. The smallest absolute Gasteiger partial charge is 0.0540 e. The van der Waals surface area contributed by atoms with Gasteiger partial charge in [-0.05, 0) is 57.1 Å². The average molecular weight is 498 g/mol. The highest BCUT2D eigenvalue weighted by molar-refractivity contribution is 6.04. The molecule has 0 aliphatic heterocycles. The van der Waals surface area contributed by atoms with Crippen molar-refractivity contribution in [2.75, 3.05) is 4.90 Å². The van der Waals surface area contributed by atoms with Crippen LogP contribution in [0, 0.1) is 0 Å². The molecule has 0 radical (unpaired) electrons. The average Bonchev–Trinajstić information content (AvgIpc) is 3.02. The second-order valence-corrected chi connectivity index (χ2v) is 9.79. The summed E-state index contributed by atoms with van der Waals surface area (Å²) in [4.78, 5) is 2.41. The van der Waals surface area contributed by atoms with Crippen LogP contribution in [0.25, 0.3) is 43.8 Å². The molecule has 0 saturated heterocycles. The van der Waals surface area contributed by atoms with Crippen LogP contribution in [0.15, 0.2) is 164 Å². The maximum atomic E-state index is 2.41. The first-order valence-electron chi connectivity index (χ1n) is 13.4. The standard InChI is InChI=1S/C38H27N/c1-2-12-28(13-3-1)29-24-26-32(27-25-29)39(37-23-11-17-31-15-5-7-19-34(31)37)38-22-9-8-20-36(38)35-21-10-16-30-14-4-6-18-33(30)35/h1-27H. The van der Waals surface area contributed by atoms with Crippen LogP contribution in [0.5, 0.6) is 0 Å². The minimum absolute atomic E-state index is 1.12. The van der Waals surface area contributed by atoms with Gasteiger partial charge in [0.05, 0.1) is 11.4 Å². The summed E-state index contributed by atoms with van der Waals surface area (Å²) in [6.45, 7) is 0. The molecule has 7 aromatic carbocycles. The quantitative estimate of drug-likeness (QED) is 0.229. The zero-order valence-corrected chi connectivity index (χ0v) is 21.5. The van der Waals surface area contributed by atoms with Gasteiger partial charge in [0.2, 0.25) is 0 Å². The Morgan fingerprint density at radius 1 is 0.308 bits per heavy atom. The molecule has 0 aliphatic carbocycles. The number of hydrogen-bond donors (Lipinski definition) is 0. The monoisotopic (exact) mass is 497 g/mol. The molecule has 1 nitrogen and oxygen atoms in total. The molecule has 1 heteroatoms. The van der Waals surface area contributed by atoms with E-state index in [0.29, 0.717) is 0 Å². The second kappa shape index (κ2) is 9.96. The van der Waals surface area contributed by atoms with Gasteiger partial charge in [0.1, 0.15) is 0 Å². The maximum absolute atomic E-state index is 2.41. The Labute approximate surface area is 229 Å². The van der Waals surface area contributed by atoms with Gasteiger partial charge in [0.15, 0.2) is 0 Å². The Morgan fingerprint density at radius 3 is 1.62 bits per heavy atom. The summed E-state index contributed by atoms with van der Waals surface area (Å²) in [5.74, 6) is 0. The number of nitrogens with zero attached hydrogens (tertiary/aromatic N) is 1. The van der Waals surface area contributed by atoms with E-state index in [9.17, 15) is 0 Å². The SMILES string of the molecule is c1ccc(-c2ccc(N(c3ccccc3-c3cccc4ccccc34)c3cccc4ccccc34)cc2)cc1. The van der Waals surface area contributed by atoms with Crippen LogP contribution in [0.2, 0.25) is 0 Å². The molecule has 7 rings (SSSR count). The van der Waals surface area contributed by atoms with Gasteiger partial charge in [-0.1, -0.05) is 140 Å². The van der Waals surface area contributed by atoms with Crippen molar-refractivity contribution in [2.24, 2.45) is 0 Å². The van der Waals surface area contributed by atoms with E-state index >= 15 is 0 Å². The summed E-state index contributed by atoms with van der Waals surface area (Å²) in [5, 5.41) is 4.95. The number of hydrogen-bond acceptors (Lipinski definition) is 1. The predicted molar refractivity (Wildman–Crippen MR) is 167 cm³/mol. The van der Waals surface area contributed by atoms with Crippen molar-refractivity contribution in [1.29, 1.82) is 0 Å². The van der Waals surface area contributed by atoms with E-state index in [1.807, 2.05) is 0 Å². The Kier molecular flexibility index (Phi) is 5.88. The fourth-order valence-electron chi connectivity index (χ4n) is 5.60. The first kappa shape index (κ1) is 23.0. The first-order chi connectivity index (χ1) is 19.4. The van der Waals surface area contributed by atoms with Gasteiger partial charge in [-0.25, -0.2) is 0 Å². The van der Waals surface area contributed by atoms with Gasteiger partial charge in [0, 0.05) is 16.6 Å². The van der Waals surface area contributed by atoms with Gasteiger partial charge in [-0.3, -0.25) is 0 Å². The van der Waals surface area contributed by atoms with E-state index in [4.69, 9.17) is 0 Å². The van der Waals surface area contributed by atoms with E-state index in [1.165, 1.54) is 43.8 Å². The fraction of sp³-hybridized carbons (Fsp3) is 0. The Hall–Kier alpha value is -5.14. The van der Waals surface area contributed by atoms with Crippen LogP contribution < -0.4 is 4.90 Å². The van der Waals surface area contributed by atoms with Crippen LogP contribution >= 0.6 is 0 Å². The van der Waals surface area contributed by atoms with Crippen LogP contribution in [0.1, 0.15) is 0 Å². The van der Waals surface area contributed by atoms with Crippen molar-refractivity contribution in [1.82, 2.24) is 0 Å². The lowest BCUT2D eigenvalue weighted by atomic mass is 9.95. The van der Waals surface area contributed by atoms with Gasteiger partial charge in [-0.2, -0.15) is 0 Å². The molecule has 0 aliphatic rings. The van der Waals surface area contributed by atoms with Crippen LogP contribution in [-0.4, -0.2) is 0 Å². The van der Waals surface area contributed by atoms with Gasteiger partial charge in [-0.15, -0.1) is 0 Å². The molecule has 0 heterocycles. The Balaban J connectivity index is 1.47. The maximum Gasteiger partial charge on any atom is 0.0540 e. The molecule has 0 spiro atoms. The van der Waals surface area contributed by atoms with Crippen molar-refractivity contribution in [3.05, 3.63) is 164 Å². The van der Waals surface area contributed by atoms with Crippen LogP contribution in [0.3, 0.4) is 0 Å². The third-order valence-corrected chi connectivity index (χ3v) is 7.46. The molecule has 0 saturated carbocycles. The van der Waals surface area contributed by atoms with Crippen LogP contribution in [-0.2, 0) is 0 Å². The molecule has 39 heavy (non-hydrogen) atoms. The highest BCUT2D eigenvalue weighted by Crippen LogP contribution is 2.44. The molecule has 0 unspecified atom stereocenters. The normalized spacial score (nSPS) is 11.1.